The van der Waals surface area contributed by atoms with Gasteiger partial charge in [-0.3, -0.25) is 4.79 Å². The van der Waals surface area contributed by atoms with Gasteiger partial charge in [0, 0.05) is 32.9 Å². The summed E-state index contributed by atoms with van der Waals surface area (Å²) in [7, 11) is -0.544. The van der Waals surface area contributed by atoms with Gasteiger partial charge in [-0.05, 0) is 32.6 Å². The van der Waals surface area contributed by atoms with Crippen molar-refractivity contribution in [3.63, 3.8) is 0 Å². The van der Waals surface area contributed by atoms with E-state index in [1.165, 1.54) is 28.9 Å². The number of nitrogens with zero attached hydrogens (tertiary/aromatic N) is 4. The number of aryl methyl sites for hydroxylation is 1. The van der Waals surface area contributed by atoms with E-state index in [-0.39, 0.29) is 11.9 Å². The monoisotopic (exact) mass is 353 g/mol. The molecule has 1 amide bonds. The van der Waals surface area contributed by atoms with Crippen molar-refractivity contribution >= 4 is 16.1 Å². The third kappa shape index (κ3) is 3.28. The molecule has 1 saturated carbocycles. The Labute approximate surface area is 142 Å². The number of amides is 1. The summed E-state index contributed by atoms with van der Waals surface area (Å²) in [5.74, 6) is 0.309. The van der Waals surface area contributed by atoms with Gasteiger partial charge in [-0.25, -0.2) is 9.97 Å². The SMILES string of the molecule is Cc1ncc(C(=O)NC2CC2)c([C@H]2CCCN2S(=O)(=O)N(C)C)n1. The Kier molecular flexibility index (Phi) is 4.58. The molecule has 2 heterocycles. The van der Waals surface area contributed by atoms with Gasteiger partial charge in [-0.1, -0.05) is 0 Å². The van der Waals surface area contributed by atoms with Crippen LogP contribution in [0.15, 0.2) is 6.20 Å². The fourth-order valence-electron chi connectivity index (χ4n) is 2.91. The highest BCUT2D eigenvalue weighted by atomic mass is 32.2. The second kappa shape index (κ2) is 6.38. The molecule has 0 aromatic carbocycles. The predicted octanol–water partition coefficient (Wildman–Crippen LogP) is 0.621. The van der Waals surface area contributed by atoms with Crippen LogP contribution in [0.5, 0.6) is 0 Å². The Morgan fingerprint density at radius 2 is 2.04 bits per heavy atom. The van der Waals surface area contributed by atoms with E-state index in [2.05, 4.69) is 15.3 Å². The third-order valence-corrected chi connectivity index (χ3v) is 6.33. The predicted molar refractivity (Wildman–Crippen MR) is 88.5 cm³/mol. The smallest absolute Gasteiger partial charge is 0.282 e. The van der Waals surface area contributed by atoms with Crippen molar-refractivity contribution in [3.05, 3.63) is 23.3 Å². The van der Waals surface area contributed by atoms with E-state index in [9.17, 15) is 13.2 Å². The fourth-order valence-corrected chi connectivity index (χ4v) is 4.21. The van der Waals surface area contributed by atoms with Gasteiger partial charge in [0.2, 0.25) is 0 Å². The van der Waals surface area contributed by atoms with Crippen molar-refractivity contribution in [2.75, 3.05) is 20.6 Å². The number of hydrogen-bond acceptors (Lipinski definition) is 5. The summed E-state index contributed by atoms with van der Waals surface area (Å²) < 4.78 is 27.8. The van der Waals surface area contributed by atoms with Gasteiger partial charge in [0.05, 0.1) is 17.3 Å². The number of nitrogens with one attached hydrogen (secondary N) is 1. The zero-order chi connectivity index (χ0) is 17.5. The molecule has 8 nitrogen and oxygen atoms in total. The lowest BCUT2D eigenvalue weighted by Crippen LogP contribution is -2.40. The molecule has 24 heavy (non-hydrogen) atoms. The molecule has 0 radical (unpaired) electrons. The first-order chi connectivity index (χ1) is 11.3. The average molecular weight is 353 g/mol. The Hall–Kier alpha value is -1.58. The number of aromatic nitrogens is 2. The average Bonchev–Trinajstić information content (AvgIpc) is 3.18. The first-order valence-corrected chi connectivity index (χ1v) is 9.54. The molecule has 1 aromatic heterocycles. The maximum atomic E-state index is 12.6. The first-order valence-electron chi connectivity index (χ1n) is 8.14. The van der Waals surface area contributed by atoms with Crippen LogP contribution in [0.3, 0.4) is 0 Å². The van der Waals surface area contributed by atoms with Crippen LogP contribution >= 0.6 is 0 Å². The molecule has 2 aliphatic rings. The minimum absolute atomic E-state index is 0.219. The third-order valence-electron chi connectivity index (χ3n) is 4.37. The zero-order valence-electron chi connectivity index (χ0n) is 14.2. The topological polar surface area (TPSA) is 95.5 Å². The van der Waals surface area contributed by atoms with Gasteiger partial charge in [0.15, 0.2) is 0 Å². The van der Waals surface area contributed by atoms with Crippen LogP contribution in [0.2, 0.25) is 0 Å². The summed E-state index contributed by atoms with van der Waals surface area (Å²) in [6, 6.07) is -0.212. The summed E-state index contributed by atoms with van der Waals surface area (Å²) >= 11 is 0. The molecule has 1 atom stereocenters. The van der Waals surface area contributed by atoms with E-state index < -0.39 is 16.3 Å². The molecule has 1 N–H and O–H groups in total. The van der Waals surface area contributed by atoms with E-state index in [4.69, 9.17) is 0 Å². The Morgan fingerprint density at radius 3 is 2.67 bits per heavy atom. The van der Waals surface area contributed by atoms with Gasteiger partial charge in [-0.15, -0.1) is 0 Å². The number of carbonyl (C=O) groups is 1. The van der Waals surface area contributed by atoms with Crippen molar-refractivity contribution in [2.24, 2.45) is 0 Å². The van der Waals surface area contributed by atoms with E-state index in [1.54, 1.807) is 6.92 Å². The van der Waals surface area contributed by atoms with E-state index in [0.717, 1.165) is 19.3 Å². The molecule has 9 heteroatoms. The van der Waals surface area contributed by atoms with E-state index >= 15 is 0 Å². The quantitative estimate of drug-likeness (QED) is 0.837. The van der Waals surface area contributed by atoms with Gasteiger partial charge in [-0.2, -0.15) is 17.0 Å². The van der Waals surface area contributed by atoms with E-state index in [1.807, 2.05) is 0 Å². The number of carbonyl (C=O) groups excluding carboxylic acids is 1. The zero-order valence-corrected chi connectivity index (χ0v) is 15.0. The van der Waals surface area contributed by atoms with Crippen LogP contribution in [0.1, 0.15) is 53.6 Å². The molecule has 1 saturated heterocycles. The second-order valence-corrected chi connectivity index (χ2v) is 8.62. The highest BCUT2D eigenvalue weighted by molar-refractivity contribution is 7.86. The van der Waals surface area contributed by atoms with Gasteiger partial charge < -0.3 is 5.32 Å². The summed E-state index contributed by atoms with van der Waals surface area (Å²) in [4.78, 5) is 21.1. The minimum atomic E-state index is -3.57. The summed E-state index contributed by atoms with van der Waals surface area (Å²) in [5.41, 5.74) is 0.877. The fraction of sp³-hybridized carbons (Fsp3) is 0.667. The second-order valence-electron chi connectivity index (χ2n) is 6.52. The molecule has 3 rings (SSSR count). The van der Waals surface area contributed by atoms with Crippen LogP contribution in [-0.4, -0.2) is 59.6 Å². The molecule has 0 unspecified atom stereocenters. The highest BCUT2D eigenvalue weighted by Crippen LogP contribution is 2.35. The molecule has 0 spiro atoms. The molecule has 132 valence electrons. The molecule has 2 fully saturated rings. The summed E-state index contributed by atoms with van der Waals surface area (Å²) in [5, 5.41) is 2.93. The Balaban J connectivity index is 1.97. The van der Waals surface area contributed by atoms with Crippen LogP contribution in [0.4, 0.5) is 0 Å². The van der Waals surface area contributed by atoms with Crippen molar-refractivity contribution in [1.29, 1.82) is 0 Å². The lowest BCUT2D eigenvalue weighted by molar-refractivity contribution is 0.0947. The van der Waals surface area contributed by atoms with Gasteiger partial charge in [0.1, 0.15) is 5.82 Å². The number of hydrogen-bond donors (Lipinski definition) is 1. The van der Waals surface area contributed by atoms with Crippen LogP contribution in [0, 0.1) is 6.92 Å². The molecule has 0 bridgehead atoms. The lowest BCUT2D eigenvalue weighted by Gasteiger charge is -2.27. The molecule has 1 aliphatic heterocycles. The molecular weight excluding hydrogens is 330 g/mol. The van der Waals surface area contributed by atoms with Crippen molar-refractivity contribution in [3.8, 4) is 0 Å². The van der Waals surface area contributed by atoms with Crippen molar-refractivity contribution < 1.29 is 13.2 Å². The lowest BCUT2D eigenvalue weighted by atomic mass is 10.1. The molecular formula is C15H23N5O3S. The normalized spacial score (nSPS) is 22.1. The maximum absolute atomic E-state index is 12.6. The van der Waals surface area contributed by atoms with Crippen molar-refractivity contribution in [2.45, 2.75) is 44.7 Å². The van der Waals surface area contributed by atoms with E-state index in [0.29, 0.717) is 30.0 Å². The highest BCUT2D eigenvalue weighted by Gasteiger charge is 2.39. The van der Waals surface area contributed by atoms with Crippen LogP contribution < -0.4 is 5.32 Å². The largest absolute Gasteiger partial charge is 0.349 e. The standard InChI is InChI=1S/C15H23N5O3S/c1-10-16-9-12(15(21)18-11-6-7-11)14(17-10)13-5-4-8-20(13)24(22,23)19(2)3/h9,11,13H,4-8H2,1-3H3,(H,18,21)/t13-/m1/s1. The van der Waals surface area contributed by atoms with Crippen LogP contribution in [0.25, 0.3) is 0 Å². The van der Waals surface area contributed by atoms with Crippen molar-refractivity contribution in [1.82, 2.24) is 23.9 Å². The number of rotatable bonds is 5. The molecule has 1 aliphatic carbocycles. The van der Waals surface area contributed by atoms with Gasteiger partial charge >= 0.3 is 0 Å². The van der Waals surface area contributed by atoms with Crippen LogP contribution in [-0.2, 0) is 10.2 Å². The minimum Gasteiger partial charge on any atom is -0.349 e. The Morgan fingerprint density at radius 1 is 1.33 bits per heavy atom. The Bertz CT molecular complexity index is 745. The first kappa shape index (κ1) is 17.2. The van der Waals surface area contributed by atoms with Gasteiger partial charge in [0.25, 0.3) is 16.1 Å². The molecule has 1 aromatic rings. The summed E-state index contributed by atoms with van der Waals surface area (Å²) in [6.45, 7) is 2.17. The maximum Gasteiger partial charge on any atom is 0.282 e. The summed E-state index contributed by atoms with van der Waals surface area (Å²) in [6.07, 6.45) is 4.86.